The number of hydrogen-bond acceptors (Lipinski definition) is 3. The summed E-state index contributed by atoms with van der Waals surface area (Å²) in [5.41, 5.74) is 0. The molecule has 1 heterocycles. The molecule has 0 aliphatic heterocycles. The van der Waals surface area contributed by atoms with Gasteiger partial charge in [0.25, 0.3) is 0 Å². The van der Waals surface area contributed by atoms with E-state index in [1.807, 2.05) is 5.38 Å². The van der Waals surface area contributed by atoms with Crippen LogP contribution in [-0.2, 0) is 0 Å². The van der Waals surface area contributed by atoms with Gasteiger partial charge < -0.3 is 4.90 Å². The Morgan fingerprint density at radius 2 is 2.36 bits per heavy atom. The number of hydrogen-bond donors (Lipinski definition) is 0. The summed E-state index contributed by atoms with van der Waals surface area (Å²) in [6.07, 6.45) is 2.75. The zero-order valence-corrected chi connectivity index (χ0v) is 10.1. The van der Waals surface area contributed by atoms with Crippen molar-refractivity contribution in [3.05, 3.63) is 10.5 Å². The fourth-order valence-electron chi connectivity index (χ4n) is 1.47. The first-order valence-electron chi connectivity index (χ1n) is 5.04. The Kier molecular flexibility index (Phi) is 2.98. The van der Waals surface area contributed by atoms with Gasteiger partial charge in [-0.1, -0.05) is 11.6 Å². The van der Waals surface area contributed by atoms with Gasteiger partial charge in [-0.3, -0.25) is 0 Å². The van der Waals surface area contributed by atoms with Crippen LogP contribution in [0, 0.1) is 5.92 Å². The van der Waals surface area contributed by atoms with Gasteiger partial charge in [0.2, 0.25) is 0 Å². The van der Waals surface area contributed by atoms with Crippen LogP contribution in [-0.4, -0.2) is 17.6 Å². The average Bonchev–Trinajstić information content (AvgIpc) is 2.84. The molecule has 0 radical (unpaired) electrons. The minimum atomic E-state index is 0.512. The summed E-state index contributed by atoms with van der Waals surface area (Å²) in [5, 5.41) is 3.59. The Hall–Kier alpha value is -0.280. The number of anilines is 1. The molecule has 1 fully saturated rings. The van der Waals surface area contributed by atoms with Crippen molar-refractivity contribution in [2.24, 2.45) is 5.92 Å². The fourth-order valence-corrected chi connectivity index (χ4v) is 2.56. The smallest absolute Gasteiger partial charge is 0.186 e. The molecule has 2 nitrogen and oxygen atoms in total. The van der Waals surface area contributed by atoms with Gasteiger partial charge in [0.1, 0.15) is 5.15 Å². The van der Waals surface area contributed by atoms with E-state index in [-0.39, 0.29) is 0 Å². The molecule has 14 heavy (non-hydrogen) atoms. The quantitative estimate of drug-likeness (QED) is 0.788. The summed E-state index contributed by atoms with van der Waals surface area (Å²) < 4.78 is 0. The van der Waals surface area contributed by atoms with Gasteiger partial charge in [0.05, 0.1) is 0 Å². The molecule has 0 amide bonds. The van der Waals surface area contributed by atoms with Gasteiger partial charge in [-0.25, -0.2) is 4.98 Å². The third-order valence-electron chi connectivity index (χ3n) is 2.48. The molecular weight excluding hydrogens is 216 g/mol. The molecule has 0 spiro atoms. The van der Waals surface area contributed by atoms with Crippen molar-refractivity contribution in [3.63, 3.8) is 0 Å². The molecule has 78 valence electrons. The van der Waals surface area contributed by atoms with Crippen LogP contribution >= 0.6 is 22.9 Å². The van der Waals surface area contributed by atoms with E-state index < -0.39 is 0 Å². The maximum absolute atomic E-state index is 5.83. The lowest BCUT2D eigenvalue weighted by atomic mass is 10.3. The zero-order chi connectivity index (χ0) is 10.1. The topological polar surface area (TPSA) is 16.1 Å². The summed E-state index contributed by atoms with van der Waals surface area (Å²) in [6.45, 7) is 5.55. The van der Waals surface area contributed by atoms with Crippen molar-refractivity contribution < 1.29 is 0 Å². The maximum Gasteiger partial charge on any atom is 0.186 e. The molecule has 0 unspecified atom stereocenters. The molecule has 2 rings (SSSR count). The molecule has 1 aromatic rings. The second kappa shape index (κ2) is 4.07. The van der Waals surface area contributed by atoms with E-state index in [0.717, 1.165) is 17.6 Å². The highest BCUT2D eigenvalue weighted by molar-refractivity contribution is 7.14. The summed E-state index contributed by atoms with van der Waals surface area (Å²) >= 11 is 7.47. The van der Waals surface area contributed by atoms with Crippen LogP contribution in [0.2, 0.25) is 5.15 Å². The highest BCUT2D eigenvalue weighted by Crippen LogP contribution is 2.33. The van der Waals surface area contributed by atoms with E-state index >= 15 is 0 Å². The van der Waals surface area contributed by atoms with Crippen molar-refractivity contribution in [1.82, 2.24) is 4.98 Å². The maximum atomic E-state index is 5.83. The third kappa shape index (κ3) is 2.39. The first-order chi connectivity index (χ1) is 6.66. The zero-order valence-electron chi connectivity index (χ0n) is 8.53. The van der Waals surface area contributed by atoms with Gasteiger partial charge in [0, 0.05) is 18.0 Å². The monoisotopic (exact) mass is 230 g/mol. The van der Waals surface area contributed by atoms with Gasteiger partial charge in [0.15, 0.2) is 5.13 Å². The minimum Gasteiger partial charge on any atom is -0.345 e. The van der Waals surface area contributed by atoms with E-state index in [1.54, 1.807) is 11.3 Å². The summed E-state index contributed by atoms with van der Waals surface area (Å²) in [6, 6.07) is 0.512. The van der Waals surface area contributed by atoms with E-state index in [2.05, 4.69) is 23.7 Å². The first kappa shape index (κ1) is 10.2. The molecular formula is C10H15ClN2S. The van der Waals surface area contributed by atoms with Gasteiger partial charge >= 0.3 is 0 Å². The first-order valence-corrected chi connectivity index (χ1v) is 6.30. The van der Waals surface area contributed by atoms with Crippen LogP contribution in [0.3, 0.4) is 0 Å². The Balaban J connectivity index is 2.08. The molecule has 0 atom stereocenters. The molecule has 1 aliphatic rings. The van der Waals surface area contributed by atoms with Crippen molar-refractivity contribution in [2.75, 3.05) is 11.4 Å². The lowest BCUT2D eigenvalue weighted by Gasteiger charge is -2.25. The second-order valence-electron chi connectivity index (χ2n) is 4.14. The fraction of sp³-hybridized carbons (Fsp3) is 0.700. The molecule has 4 heteroatoms. The minimum absolute atomic E-state index is 0.512. The average molecular weight is 231 g/mol. The second-order valence-corrected chi connectivity index (χ2v) is 5.37. The lowest BCUT2D eigenvalue weighted by molar-refractivity contribution is 0.643. The molecule has 0 aromatic carbocycles. The molecule has 0 bridgehead atoms. The molecule has 1 saturated carbocycles. The van der Waals surface area contributed by atoms with E-state index in [4.69, 9.17) is 11.6 Å². The Morgan fingerprint density at radius 1 is 1.64 bits per heavy atom. The van der Waals surface area contributed by atoms with E-state index in [9.17, 15) is 0 Å². The molecule has 1 aliphatic carbocycles. The normalized spacial score (nSPS) is 16.3. The largest absolute Gasteiger partial charge is 0.345 e. The third-order valence-corrected chi connectivity index (χ3v) is 3.69. The van der Waals surface area contributed by atoms with Crippen LogP contribution in [0.25, 0.3) is 0 Å². The Labute approximate surface area is 93.9 Å². The van der Waals surface area contributed by atoms with E-state index in [0.29, 0.717) is 11.2 Å². The Morgan fingerprint density at radius 3 is 2.79 bits per heavy atom. The van der Waals surface area contributed by atoms with E-state index in [1.165, 1.54) is 12.8 Å². The molecule has 0 saturated heterocycles. The SMILES string of the molecule is CC(C)N(CC1CC1)c1nc(Cl)cs1. The summed E-state index contributed by atoms with van der Waals surface area (Å²) in [4.78, 5) is 6.68. The standard InChI is InChI=1S/C10H15ClN2S/c1-7(2)13(5-8-3-4-8)10-12-9(11)6-14-10/h6-8H,3-5H2,1-2H3. The van der Waals surface area contributed by atoms with Gasteiger partial charge in [-0.05, 0) is 32.6 Å². The van der Waals surface area contributed by atoms with Crippen molar-refractivity contribution in [3.8, 4) is 0 Å². The van der Waals surface area contributed by atoms with Crippen LogP contribution < -0.4 is 4.90 Å². The predicted molar refractivity (Wildman–Crippen MR) is 62.3 cm³/mol. The van der Waals surface area contributed by atoms with Crippen LogP contribution in [0.4, 0.5) is 5.13 Å². The number of halogens is 1. The molecule has 1 aromatic heterocycles. The lowest BCUT2D eigenvalue weighted by Crippen LogP contribution is -2.32. The highest BCUT2D eigenvalue weighted by atomic mass is 35.5. The molecule has 0 N–H and O–H groups in total. The van der Waals surface area contributed by atoms with Gasteiger partial charge in [-0.2, -0.15) is 0 Å². The van der Waals surface area contributed by atoms with Crippen LogP contribution in [0.5, 0.6) is 0 Å². The number of nitrogens with zero attached hydrogens (tertiary/aromatic N) is 2. The summed E-state index contributed by atoms with van der Waals surface area (Å²) in [5.74, 6) is 0.889. The van der Waals surface area contributed by atoms with Crippen LogP contribution in [0.1, 0.15) is 26.7 Å². The van der Waals surface area contributed by atoms with Crippen LogP contribution in [0.15, 0.2) is 5.38 Å². The number of thiazole rings is 1. The van der Waals surface area contributed by atoms with Crippen molar-refractivity contribution >= 4 is 28.1 Å². The van der Waals surface area contributed by atoms with Crippen molar-refractivity contribution in [1.29, 1.82) is 0 Å². The number of rotatable bonds is 4. The predicted octanol–water partition coefficient (Wildman–Crippen LogP) is 3.42. The van der Waals surface area contributed by atoms with Crippen molar-refractivity contribution in [2.45, 2.75) is 32.7 Å². The highest BCUT2D eigenvalue weighted by Gasteiger charge is 2.26. The van der Waals surface area contributed by atoms with Gasteiger partial charge in [-0.15, -0.1) is 11.3 Å². The Bertz CT molecular complexity index is 307. The summed E-state index contributed by atoms with van der Waals surface area (Å²) in [7, 11) is 0. The number of aromatic nitrogens is 1.